The van der Waals surface area contributed by atoms with Gasteiger partial charge in [0.15, 0.2) is 0 Å². The van der Waals surface area contributed by atoms with Crippen LogP contribution >= 0.6 is 0 Å². The fraction of sp³-hybridized carbons (Fsp3) is 0.619. The summed E-state index contributed by atoms with van der Waals surface area (Å²) in [7, 11) is 0. The number of phenolic OH excluding ortho intramolecular Hbond substituents is 1. The standard InChI is InChI=1S/C42H68N10O14/c1-22(2)19-31(51-37(60)27(45)20-25-11-13-26(53)14-12-25)40(63)52-32(21-34(56)57)41(64)49-29(15-16-33(54)55)39(62)48-28(9-5-7-17-43)38(61)47-23(3)35(58)46-24(4)36(59)50-30(42(65)66)10-6-8-18-44/h11-14,22-24,27-32,53H,5-10,15-21,43-45H2,1-4H3,(H,46,58)(H,47,61)(H,48,62)(H,49,64)(H,50,59)(H,51,60)(H,52,63)(H,54,55)(H,56,57)(H,65,66)/t23-,24-,27-,28-,29-,30-,31-,32-/m0/s1. The van der Waals surface area contributed by atoms with Crippen molar-refractivity contribution < 1.29 is 68.4 Å². The first kappa shape index (κ1) is 57.6. The zero-order valence-electron chi connectivity index (χ0n) is 37.8. The summed E-state index contributed by atoms with van der Waals surface area (Å²) in [6.07, 6.45) is -0.512. The lowest BCUT2D eigenvalue weighted by Gasteiger charge is -2.27. The van der Waals surface area contributed by atoms with E-state index >= 15 is 0 Å². The normalized spacial score (nSPS) is 14.7. The minimum Gasteiger partial charge on any atom is -0.508 e. The second kappa shape index (κ2) is 29.9. The summed E-state index contributed by atoms with van der Waals surface area (Å²) in [5.41, 5.74) is 17.8. The third kappa shape index (κ3) is 22.5. The molecule has 0 heterocycles. The monoisotopic (exact) mass is 936 g/mol. The molecule has 0 radical (unpaired) electrons. The number of carboxylic acids is 3. The van der Waals surface area contributed by atoms with E-state index in [1.54, 1.807) is 26.0 Å². The number of carboxylic acid groups (broad SMARTS) is 3. The van der Waals surface area contributed by atoms with Crippen LogP contribution in [0.5, 0.6) is 5.75 Å². The lowest BCUT2D eigenvalue weighted by Crippen LogP contribution is -2.60. The highest BCUT2D eigenvalue weighted by molar-refractivity contribution is 5.98. The Balaban J connectivity index is 3.22. The first-order chi connectivity index (χ1) is 31.0. The van der Waals surface area contributed by atoms with Crippen LogP contribution in [0.15, 0.2) is 24.3 Å². The second-order valence-corrected chi connectivity index (χ2v) is 16.3. The number of rotatable bonds is 32. The van der Waals surface area contributed by atoms with Crippen molar-refractivity contribution >= 4 is 59.3 Å². The summed E-state index contributed by atoms with van der Waals surface area (Å²) in [5, 5.41) is 54.8. The van der Waals surface area contributed by atoms with Gasteiger partial charge in [-0.3, -0.25) is 43.2 Å². The van der Waals surface area contributed by atoms with Crippen LogP contribution in [0.25, 0.3) is 0 Å². The molecule has 1 rings (SSSR count). The van der Waals surface area contributed by atoms with Crippen LogP contribution in [0.1, 0.15) is 97.5 Å². The lowest BCUT2D eigenvalue weighted by atomic mass is 10.0. The molecule has 1 aromatic rings. The summed E-state index contributed by atoms with van der Waals surface area (Å²) in [5.74, 6) is -11.0. The van der Waals surface area contributed by atoms with Crippen molar-refractivity contribution in [1.82, 2.24) is 37.2 Å². The van der Waals surface area contributed by atoms with Gasteiger partial charge >= 0.3 is 17.9 Å². The highest BCUT2D eigenvalue weighted by Gasteiger charge is 2.34. The molecule has 0 saturated heterocycles. The molecule has 0 fully saturated rings. The van der Waals surface area contributed by atoms with Crippen molar-refractivity contribution in [1.29, 1.82) is 0 Å². The van der Waals surface area contributed by atoms with E-state index in [1.807, 2.05) is 0 Å². The summed E-state index contributed by atoms with van der Waals surface area (Å²) in [6.45, 7) is 6.60. The SMILES string of the molecule is CC(C)C[C@H](NC(=O)[C@@H](N)Cc1ccc(O)cc1)C(=O)N[C@@H](CC(=O)O)C(=O)N[C@@H](CCC(=O)O)C(=O)N[C@@H](CCCCN)C(=O)N[C@@H](C)C(=O)N[C@@H](C)C(=O)N[C@@H](CCCCN)C(=O)O. The quantitative estimate of drug-likeness (QED) is 0.0330. The fourth-order valence-corrected chi connectivity index (χ4v) is 6.29. The van der Waals surface area contributed by atoms with Crippen LogP contribution in [0.2, 0.25) is 0 Å². The third-order valence-electron chi connectivity index (χ3n) is 10.0. The van der Waals surface area contributed by atoms with Crippen molar-refractivity contribution in [3.63, 3.8) is 0 Å². The molecule has 17 N–H and O–H groups in total. The van der Waals surface area contributed by atoms with Crippen molar-refractivity contribution in [3.8, 4) is 5.75 Å². The Morgan fingerprint density at radius 3 is 1.44 bits per heavy atom. The number of unbranched alkanes of at least 4 members (excludes halogenated alkanes) is 2. The summed E-state index contributed by atoms with van der Waals surface area (Å²) < 4.78 is 0. The molecule has 0 aliphatic heterocycles. The summed E-state index contributed by atoms with van der Waals surface area (Å²) in [4.78, 5) is 129. The van der Waals surface area contributed by atoms with Crippen LogP contribution in [-0.2, 0) is 54.4 Å². The van der Waals surface area contributed by atoms with E-state index in [4.69, 9.17) is 17.2 Å². The maximum absolute atomic E-state index is 13.8. The Hall–Kier alpha value is -6.40. The first-order valence-electron chi connectivity index (χ1n) is 21.7. The number of hydrogen-bond acceptors (Lipinski definition) is 14. The highest BCUT2D eigenvalue weighted by atomic mass is 16.4. The predicted octanol–water partition coefficient (Wildman–Crippen LogP) is -2.58. The van der Waals surface area contributed by atoms with E-state index in [0.717, 1.165) is 0 Å². The Labute approximate surface area is 382 Å². The molecule has 0 aromatic heterocycles. The van der Waals surface area contributed by atoms with Gasteiger partial charge in [-0.05, 0) is 108 Å². The van der Waals surface area contributed by atoms with Gasteiger partial charge in [0.2, 0.25) is 41.4 Å². The van der Waals surface area contributed by atoms with Crippen molar-refractivity contribution in [2.75, 3.05) is 13.1 Å². The van der Waals surface area contributed by atoms with Crippen LogP contribution < -0.4 is 54.4 Å². The molecule has 0 spiro atoms. The van der Waals surface area contributed by atoms with Crippen LogP contribution in [0.3, 0.4) is 0 Å². The molecule has 24 heteroatoms. The van der Waals surface area contributed by atoms with Crippen LogP contribution in [0.4, 0.5) is 0 Å². The third-order valence-corrected chi connectivity index (χ3v) is 10.0. The van der Waals surface area contributed by atoms with E-state index in [-0.39, 0.29) is 50.3 Å². The number of benzene rings is 1. The van der Waals surface area contributed by atoms with Gasteiger partial charge in [-0.1, -0.05) is 26.0 Å². The fourth-order valence-electron chi connectivity index (χ4n) is 6.29. The van der Waals surface area contributed by atoms with Crippen molar-refractivity contribution in [3.05, 3.63) is 29.8 Å². The van der Waals surface area contributed by atoms with E-state index in [0.29, 0.717) is 31.4 Å². The van der Waals surface area contributed by atoms with Crippen molar-refractivity contribution in [2.24, 2.45) is 23.1 Å². The average Bonchev–Trinajstić information content (AvgIpc) is 3.23. The van der Waals surface area contributed by atoms with Gasteiger partial charge in [0.1, 0.15) is 48.0 Å². The van der Waals surface area contributed by atoms with E-state index in [9.17, 15) is 68.4 Å². The molecule has 7 amide bonds. The van der Waals surface area contributed by atoms with Gasteiger partial charge in [0.25, 0.3) is 0 Å². The molecule has 0 aliphatic rings. The first-order valence-corrected chi connectivity index (χ1v) is 21.7. The molecule has 0 saturated carbocycles. The van der Waals surface area contributed by atoms with Gasteiger partial charge in [-0.25, -0.2) is 4.79 Å². The molecule has 0 aliphatic carbocycles. The Morgan fingerprint density at radius 1 is 0.515 bits per heavy atom. The topological polar surface area (TPSA) is 414 Å². The Bertz CT molecular complexity index is 1820. The van der Waals surface area contributed by atoms with Gasteiger partial charge in [-0.2, -0.15) is 0 Å². The van der Waals surface area contributed by atoms with Gasteiger partial charge in [0, 0.05) is 6.42 Å². The molecule has 0 bridgehead atoms. The number of aromatic hydroxyl groups is 1. The zero-order valence-corrected chi connectivity index (χ0v) is 37.8. The second-order valence-electron chi connectivity index (χ2n) is 16.3. The van der Waals surface area contributed by atoms with Gasteiger partial charge in [0.05, 0.1) is 12.5 Å². The number of amides is 7. The van der Waals surface area contributed by atoms with E-state index in [2.05, 4.69) is 37.2 Å². The maximum atomic E-state index is 13.8. The maximum Gasteiger partial charge on any atom is 0.326 e. The molecular weight excluding hydrogens is 869 g/mol. The molecule has 370 valence electrons. The van der Waals surface area contributed by atoms with Gasteiger partial charge < -0.3 is 74.8 Å². The Kier molecular flexibility index (Phi) is 26.1. The molecular formula is C42H68N10O14. The van der Waals surface area contributed by atoms with Crippen LogP contribution in [0, 0.1) is 5.92 Å². The molecule has 8 atom stereocenters. The number of hydrogen-bond donors (Lipinski definition) is 14. The number of carbonyl (C=O) groups excluding carboxylic acids is 7. The number of phenols is 1. The minimum atomic E-state index is -1.86. The predicted molar refractivity (Wildman–Crippen MR) is 237 cm³/mol. The Morgan fingerprint density at radius 2 is 0.939 bits per heavy atom. The summed E-state index contributed by atoms with van der Waals surface area (Å²) in [6, 6.07) is -5.28. The van der Waals surface area contributed by atoms with Gasteiger partial charge in [-0.15, -0.1) is 0 Å². The van der Waals surface area contributed by atoms with E-state index in [1.165, 1.54) is 26.0 Å². The number of nitrogens with one attached hydrogen (secondary N) is 7. The minimum absolute atomic E-state index is 0.000546. The number of carbonyl (C=O) groups is 10. The molecule has 1 aromatic carbocycles. The van der Waals surface area contributed by atoms with Crippen molar-refractivity contribution in [2.45, 2.75) is 147 Å². The lowest BCUT2D eigenvalue weighted by molar-refractivity contribution is -0.142. The largest absolute Gasteiger partial charge is 0.508 e. The number of nitrogens with two attached hydrogens (primary N) is 3. The zero-order chi connectivity index (χ0) is 50.1. The molecule has 66 heavy (non-hydrogen) atoms. The van der Waals surface area contributed by atoms with E-state index < -0.39 is 127 Å². The smallest absolute Gasteiger partial charge is 0.326 e. The highest BCUT2D eigenvalue weighted by Crippen LogP contribution is 2.13. The molecule has 24 nitrogen and oxygen atoms in total. The average molecular weight is 937 g/mol. The van der Waals surface area contributed by atoms with Crippen LogP contribution in [-0.4, -0.2) is 141 Å². The molecule has 0 unspecified atom stereocenters. The number of aliphatic carboxylic acids is 3. The summed E-state index contributed by atoms with van der Waals surface area (Å²) >= 11 is 0.